The van der Waals surface area contributed by atoms with Crippen LogP contribution in [0.3, 0.4) is 0 Å². The molecule has 0 aliphatic rings. The predicted molar refractivity (Wildman–Crippen MR) is 84.6 cm³/mol. The molecule has 0 aliphatic heterocycles. The highest BCUT2D eigenvalue weighted by molar-refractivity contribution is 7.93. The molecule has 0 unspecified atom stereocenters. The fourth-order valence-corrected chi connectivity index (χ4v) is 3.65. The minimum atomic E-state index is -3.70. The number of aryl methyl sites for hydroxylation is 1. The van der Waals surface area contributed by atoms with E-state index < -0.39 is 10.0 Å². The lowest BCUT2D eigenvalue weighted by atomic mass is 10.2. The van der Waals surface area contributed by atoms with E-state index >= 15 is 0 Å². The van der Waals surface area contributed by atoms with Crippen LogP contribution in [0.2, 0.25) is 0 Å². The summed E-state index contributed by atoms with van der Waals surface area (Å²) < 4.78 is 31.8. The summed E-state index contributed by atoms with van der Waals surface area (Å²) in [5.74, 6) is -0.286. The Morgan fingerprint density at radius 1 is 1.41 bits per heavy atom. The Hall–Kier alpha value is -1.93. The first kappa shape index (κ1) is 16.4. The molecule has 1 aromatic carbocycles. The number of benzene rings is 1. The average molecular weight is 340 g/mol. The Balaban J connectivity index is 2.11. The molecular weight excluding hydrogens is 324 g/mol. The quantitative estimate of drug-likeness (QED) is 0.817. The van der Waals surface area contributed by atoms with Gasteiger partial charge >= 0.3 is 5.97 Å². The number of rotatable bonds is 6. The molecule has 1 N–H and O–H groups in total. The van der Waals surface area contributed by atoms with E-state index in [2.05, 4.69) is 9.71 Å². The van der Waals surface area contributed by atoms with Gasteiger partial charge < -0.3 is 4.74 Å². The molecule has 0 saturated heterocycles. The van der Waals surface area contributed by atoms with Crippen molar-refractivity contribution in [2.24, 2.45) is 0 Å². The highest BCUT2D eigenvalue weighted by atomic mass is 32.2. The molecule has 0 fully saturated rings. The summed E-state index contributed by atoms with van der Waals surface area (Å²) in [5.41, 5.74) is 0.844. The van der Waals surface area contributed by atoms with Crippen molar-refractivity contribution in [1.82, 2.24) is 4.98 Å². The maximum Gasteiger partial charge on any atom is 0.312 e. The molecule has 1 aromatic heterocycles. The maximum atomic E-state index is 12.2. The van der Waals surface area contributed by atoms with Crippen molar-refractivity contribution in [3.8, 4) is 5.88 Å². The van der Waals surface area contributed by atoms with Crippen molar-refractivity contribution in [3.63, 3.8) is 0 Å². The standard InChI is InChI=1S/C14H16N2O4S2/c1-3-5-13(17)20-12-9-21-14(15-12)16-22(18,19)11-7-4-6-10(2)8-11/h4,6-9H,3,5H2,1-2H3,(H,15,16). The van der Waals surface area contributed by atoms with E-state index in [1.807, 2.05) is 19.9 Å². The van der Waals surface area contributed by atoms with Crippen LogP contribution in [0.25, 0.3) is 0 Å². The Morgan fingerprint density at radius 2 is 2.18 bits per heavy atom. The average Bonchev–Trinajstić information content (AvgIpc) is 2.85. The third kappa shape index (κ3) is 4.28. The van der Waals surface area contributed by atoms with Crippen LogP contribution in [-0.2, 0) is 14.8 Å². The molecule has 8 heteroatoms. The van der Waals surface area contributed by atoms with Crippen molar-refractivity contribution >= 4 is 32.5 Å². The van der Waals surface area contributed by atoms with Gasteiger partial charge in [0.15, 0.2) is 5.13 Å². The van der Waals surface area contributed by atoms with Crippen LogP contribution in [0.1, 0.15) is 25.3 Å². The number of nitrogens with zero attached hydrogens (tertiary/aromatic N) is 1. The smallest absolute Gasteiger partial charge is 0.312 e. The van der Waals surface area contributed by atoms with E-state index in [0.29, 0.717) is 12.8 Å². The summed E-state index contributed by atoms with van der Waals surface area (Å²) in [7, 11) is -3.70. The molecule has 0 aliphatic carbocycles. The van der Waals surface area contributed by atoms with Gasteiger partial charge in [-0.2, -0.15) is 4.98 Å². The Labute approximate surface area is 133 Å². The second-order valence-corrected chi connectivity index (χ2v) is 7.18. The van der Waals surface area contributed by atoms with Gasteiger partial charge in [-0.25, -0.2) is 8.42 Å². The zero-order valence-corrected chi connectivity index (χ0v) is 13.8. The van der Waals surface area contributed by atoms with Crippen molar-refractivity contribution in [1.29, 1.82) is 0 Å². The Bertz CT molecular complexity index is 769. The van der Waals surface area contributed by atoms with E-state index in [4.69, 9.17) is 4.74 Å². The molecule has 6 nitrogen and oxygen atoms in total. The molecule has 118 valence electrons. The number of esters is 1. The van der Waals surface area contributed by atoms with Crippen LogP contribution < -0.4 is 9.46 Å². The first-order valence-corrected chi connectivity index (χ1v) is 9.02. The third-order valence-corrected chi connectivity index (χ3v) is 4.88. The monoisotopic (exact) mass is 340 g/mol. The highest BCUT2D eigenvalue weighted by Gasteiger charge is 2.17. The number of carbonyl (C=O) groups is 1. The molecule has 1 heterocycles. The number of sulfonamides is 1. The van der Waals surface area contributed by atoms with E-state index in [9.17, 15) is 13.2 Å². The van der Waals surface area contributed by atoms with Gasteiger partial charge in [0.2, 0.25) is 5.88 Å². The molecular formula is C14H16N2O4S2. The van der Waals surface area contributed by atoms with E-state index in [-0.39, 0.29) is 21.9 Å². The van der Waals surface area contributed by atoms with E-state index in [0.717, 1.165) is 16.9 Å². The zero-order valence-electron chi connectivity index (χ0n) is 12.2. The fourth-order valence-electron chi connectivity index (χ4n) is 1.68. The first-order valence-electron chi connectivity index (χ1n) is 6.66. The van der Waals surface area contributed by atoms with Gasteiger partial charge in [0.25, 0.3) is 10.0 Å². The molecule has 0 bridgehead atoms. The Morgan fingerprint density at radius 3 is 2.86 bits per heavy atom. The second-order valence-electron chi connectivity index (χ2n) is 4.64. The normalized spacial score (nSPS) is 11.2. The summed E-state index contributed by atoms with van der Waals surface area (Å²) >= 11 is 1.06. The van der Waals surface area contributed by atoms with Crippen molar-refractivity contribution in [2.75, 3.05) is 4.72 Å². The first-order chi connectivity index (χ1) is 10.4. The molecule has 2 aromatic rings. The molecule has 2 rings (SSSR count). The summed E-state index contributed by atoms with van der Waals surface area (Å²) in [4.78, 5) is 15.5. The van der Waals surface area contributed by atoms with Crippen LogP contribution in [0.15, 0.2) is 34.5 Å². The largest absolute Gasteiger partial charge is 0.406 e. The summed E-state index contributed by atoms with van der Waals surface area (Å²) in [6.07, 6.45) is 0.970. The summed E-state index contributed by atoms with van der Waals surface area (Å²) in [5, 5.41) is 1.64. The van der Waals surface area contributed by atoms with Crippen LogP contribution in [0.5, 0.6) is 5.88 Å². The molecule has 22 heavy (non-hydrogen) atoms. The van der Waals surface area contributed by atoms with Gasteiger partial charge in [0.05, 0.1) is 10.3 Å². The molecule has 0 spiro atoms. The zero-order chi connectivity index (χ0) is 16.2. The Kier molecular flexibility index (Phi) is 5.15. The van der Waals surface area contributed by atoms with E-state index in [1.165, 1.54) is 11.4 Å². The van der Waals surface area contributed by atoms with Gasteiger partial charge in [0, 0.05) is 6.42 Å². The van der Waals surface area contributed by atoms with Crippen molar-refractivity contribution in [2.45, 2.75) is 31.6 Å². The number of hydrogen-bond donors (Lipinski definition) is 1. The van der Waals surface area contributed by atoms with Crippen LogP contribution in [0, 0.1) is 6.92 Å². The van der Waals surface area contributed by atoms with E-state index in [1.54, 1.807) is 12.1 Å². The van der Waals surface area contributed by atoms with Gasteiger partial charge in [-0.3, -0.25) is 9.52 Å². The van der Waals surface area contributed by atoms with Gasteiger partial charge in [0.1, 0.15) is 0 Å². The number of carbonyl (C=O) groups excluding carboxylic acids is 1. The number of hydrogen-bond acceptors (Lipinski definition) is 6. The number of aromatic nitrogens is 1. The minimum absolute atomic E-state index is 0.102. The number of anilines is 1. The van der Waals surface area contributed by atoms with Crippen molar-refractivity contribution in [3.05, 3.63) is 35.2 Å². The van der Waals surface area contributed by atoms with Crippen LogP contribution in [0.4, 0.5) is 5.13 Å². The topological polar surface area (TPSA) is 85.4 Å². The SMILES string of the molecule is CCCC(=O)Oc1csc(NS(=O)(=O)c2cccc(C)c2)n1. The van der Waals surface area contributed by atoms with Gasteiger partial charge in [-0.05, 0) is 31.0 Å². The molecule has 0 atom stereocenters. The van der Waals surface area contributed by atoms with Crippen LogP contribution >= 0.6 is 11.3 Å². The summed E-state index contributed by atoms with van der Waals surface area (Å²) in [6.45, 7) is 3.68. The molecule has 0 radical (unpaired) electrons. The van der Waals surface area contributed by atoms with Crippen molar-refractivity contribution < 1.29 is 17.9 Å². The minimum Gasteiger partial charge on any atom is -0.406 e. The molecule has 0 amide bonds. The summed E-state index contributed by atoms with van der Waals surface area (Å²) in [6, 6.07) is 6.56. The lowest BCUT2D eigenvalue weighted by Gasteiger charge is -2.05. The van der Waals surface area contributed by atoms with Gasteiger partial charge in [-0.15, -0.1) is 11.3 Å². The van der Waals surface area contributed by atoms with Gasteiger partial charge in [-0.1, -0.05) is 19.1 Å². The van der Waals surface area contributed by atoms with Crippen LogP contribution in [-0.4, -0.2) is 19.4 Å². The fraction of sp³-hybridized carbons (Fsp3) is 0.286. The highest BCUT2D eigenvalue weighted by Crippen LogP contribution is 2.24. The maximum absolute atomic E-state index is 12.2. The number of ether oxygens (including phenoxy) is 1. The number of thiazole rings is 1. The second kappa shape index (κ2) is 6.89. The third-order valence-electron chi connectivity index (χ3n) is 2.68. The lowest BCUT2D eigenvalue weighted by Crippen LogP contribution is -2.13. The lowest BCUT2D eigenvalue weighted by molar-refractivity contribution is -0.134. The molecule has 0 saturated carbocycles. The number of nitrogens with one attached hydrogen (secondary N) is 1. The predicted octanol–water partition coefficient (Wildman–Crippen LogP) is 2.96.